The van der Waals surface area contributed by atoms with Crippen molar-refractivity contribution < 1.29 is 13.2 Å². The second-order valence-electron chi connectivity index (χ2n) is 5.55. The lowest BCUT2D eigenvalue weighted by molar-refractivity contribution is -0.136. The average Bonchev–Trinajstić information content (AvgIpc) is 2.93. The molecule has 2 heterocycles. The maximum absolute atomic E-state index is 12.5. The zero-order valence-electron chi connectivity index (χ0n) is 12.8. The van der Waals surface area contributed by atoms with Gasteiger partial charge < -0.3 is 9.47 Å². The molecule has 0 aliphatic carbocycles. The number of amides is 1. The normalized spacial score (nSPS) is 18.7. The summed E-state index contributed by atoms with van der Waals surface area (Å²) in [5, 5.41) is 0. The van der Waals surface area contributed by atoms with Crippen molar-refractivity contribution in [2.45, 2.75) is 25.2 Å². The van der Waals surface area contributed by atoms with Gasteiger partial charge in [0.2, 0.25) is 15.9 Å². The molecule has 1 aromatic rings. The molecule has 1 aromatic heterocycles. The van der Waals surface area contributed by atoms with E-state index < -0.39 is 10.0 Å². The first kappa shape index (κ1) is 16.0. The molecule has 1 aliphatic rings. The van der Waals surface area contributed by atoms with Gasteiger partial charge in [-0.2, -0.15) is 4.31 Å². The Hall–Kier alpha value is -1.34. The van der Waals surface area contributed by atoms with E-state index in [0.29, 0.717) is 31.1 Å². The van der Waals surface area contributed by atoms with Gasteiger partial charge in [-0.1, -0.05) is 13.8 Å². The van der Waals surface area contributed by atoms with E-state index in [-0.39, 0.29) is 11.8 Å². The summed E-state index contributed by atoms with van der Waals surface area (Å²) in [4.78, 5) is 14.2. The van der Waals surface area contributed by atoms with E-state index in [1.165, 1.54) is 4.31 Å². The Morgan fingerprint density at radius 3 is 2.38 bits per heavy atom. The van der Waals surface area contributed by atoms with Crippen molar-refractivity contribution in [1.82, 2.24) is 13.8 Å². The van der Waals surface area contributed by atoms with Crippen molar-refractivity contribution in [2.24, 2.45) is 13.0 Å². The fourth-order valence-corrected chi connectivity index (χ4v) is 3.89. The van der Waals surface area contributed by atoms with Crippen LogP contribution < -0.4 is 0 Å². The van der Waals surface area contributed by atoms with E-state index in [2.05, 4.69) is 0 Å². The minimum atomic E-state index is -3.44. The Morgan fingerprint density at radius 2 is 1.90 bits per heavy atom. The average molecular weight is 313 g/mol. The fourth-order valence-electron chi connectivity index (χ4n) is 2.41. The van der Waals surface area contributed by atoms with Crippen LogP contribution in [0.25, 0.3) is 0 Å². The number of aromatic nitrogens is 1. The van der Waals surface area contributed by atoms with Gasteiger partial charge in [0.15, 0.2) is 0 Å². The summed E-state index contributed by atoms with van der Waals surface area (Å²) in [6.45, 7) is 5.55. The van der Waals surface area contributed by atoms with Crippen molar-refractivity contribution in [3.63, 3.8) is 0 Å². The van der Waals surface area contributed by atoms with Crippen molar-refractivity contribution in [1.29, 1.82) is 0 Å². The Kier molecular flexibility index (Phi) is 4.73. The van der Waals surface area contributed by atoms with Gasteiger partial charge in [0, 0.05) is 51.5 Å². The molecular weight excluding hydrogens is 290 g/mol. The van der Waals surface area contributed by atoms with Crippen LogP contribution in [0.2, 0.25) is 0 Å². The van der Waals surface area contributed by atoms with Crippen LogP contribution >= 0.6 is 0 Å². The molecule has 6 nitrogen and oxygen atoms in total. The molecule has 1 atom stereocenters. The zero-order valence-corrected chi connectivity index (χ0v) is 13.6. The van der Waals surface area contributed by atoms with Crippen LogP contribution in [-0.2, 0) is 21.9 Å². The van der Waals surface area contributed by atoms with Crippen molar-refractivity contribution in [3.05, 3.63) is 18.5 Å². The number of rotatable bonds is 4. The molecule has 0 saturated carbocycles. The van der Waals surface area contributed by atoms with E-state index in [9.17, 15) is 13.2 Å². The fraction of sp³-hybridized carbons (Fsp3) is 0.643. The molecule has 1 aliphatic heterocycles. The van der Waals surface area contributed by atoms with E-state index in [0.717, 1.165) is 6.42 Å². The van der Waals surface area contributed by atoms with Gasteiger partial charge in [-0.25, -0.2) is 8.42 Å². The molecule has 1 saturated heterocycles. The van der Waals surface area contributed by atoms with Crippen LogP contribution in [0, 0.1) is 5.92 Å². The lowest BCUT2D eigenvalue weighted by Gasteiger charge is -2.35. The highest BCUT2D eigenvalue weighted by atomic mass is 32.2. The highest BCUT2D eigenvalue weighted by molar-refractivity contribution is 7.89. The summed E-state index contributed by atoms with van der Waals surface area (Å²) >= 11 is 0. The van der Waals surface area contributed by atoms with Crippen LogP contribution in [0.4, 0.5) is 0 Å². The van der Waals surface area contributed by atoms with E-state index >= 15 is 0 Å². The van der Waals surface area contributed by atoms with Gasteiger partial charge in [0.05, 0.1) is 4.90 Å². The maximum Gasteiger partial charge on any atom is 0.244 e. The number of aryl methyl sites for hydroxylation is 1. The first-order valence-corrected chi connectivity index (χ1v) is 8.71. The number of hydrogen-bond acceptors (Lipinski definition) is 3. The Labute approximate surface area is 126 Å². The van der Waals surface area contributed by atoms with E-state index in [4.69, 9.17) is 0 Å². The standard InChI is InChI=1S/C14H23N3O3S/c1-4-12(2)14(18)16-7-9-17(10-8-16)21(19,20)13-5-6-15(3)11-13/h5-6,11-12H,4,7-10H2,1-3H3/t12-/m0/s1. The quantitative estimate of drug-likeness (QED) is 0.830. The number of carbonyl (C=O) groups excluding carboxylic acids is 1. The third kappa shape index (κ3) is 3.29. The van der Waals surface area contributed by atoms with Crippen molar-refractivity contribution in [2.75, 3.05) is 26.2 Å². The second kappa shape index (κ2) is 6.19. The molecule has 0 unspecified atom stereocenters. The number of piperazine rings is 1. The van der Waals surface area contributed by atoms with Crippen LogP contribution in [0.1, 0.15) is 20.3 Å². The summed E-state index contributed by atoms with van der Waals surface area (Å²) in [6.07, 6.45) is 4.13. The Morgan fingerprint density at radius 1 is 1.29 bits per heavy atom. The lowest BCUT2D eigenvalue weighted by Crippen LogP contribution is -2.51. The monoisotopic (exact) mass is 313 g/mol. The summed E-state index contributed by atoms with van der Waals surface area (Å²) < 4.78 is 28.1. The molecule has 118 valence electrons. The molecule has 1 fully saturated rings. The Balaban J connectivity index is 2.02. The largest absolute Gasteiger partial charge is 0.356 e. The third-order valence-electron chi connectivity index (χ3n) is 4.03. The molecule has 1 amide bonds. The summed E-state index contributed by atoms with van der Waals surface area (Å²) in [5.74, 6) is 0.122. The number of carbonyl (C=O) groups is 1. The van der Waals surface area contributed by atoms with Crippen LogP contribution in [0.3, 0.4) is 0 Å². The van der Waals surface area contributed by atoms with Crippen LogP contribution in [0.15, 0.2) is 23.4 Å². The maximum atomic E-state index is 12.5. The molecule has 0 radical (unpaired) electrons. The smallest absolute Gasteiger partial charge is 0.244 e. The number of nitrogens with zero attached hydrogens (tertiary/aromatic N) is 3. The molecule has 0 spiro atoms. The molecule has 21 heavy (non-hydrogen) atoms. The topological polar surface area (TPSA) is 62.6 Å². The number of sulfonamides is 1. The molecule has 7 heteroatoms. The third-order valence-corrected chi connectivity index (χ3v) is 5.91. The van der Waals surface area contributed by atoms with E-state index in [1.54, 1.807) is 35.0 Å². The highest BCUT2D eigenvalue weighted by Crippen LogP contribution is 2.18. The van der Waals surface area contributed by atoms with Crippen molar-refractivity contribution in [3.8, 4) is 0 Å². The van der Waals surface area contributed by atoms with Gasteiger partial charge in [-0.15, -0.1) is 0 Å². The summed E-state index contributed by atoms with van der Waals surface area (Å²) in [6, 6.07) is 1.60. The first-order valence-electron chi connectivity index (χ1n) is 7.27. The zero-order chi connectivity index (χ0) is 15.6. The molecule has 0 aromatic carbocycles. The van der Waals surface area contributed by atoms with Gasteiger partial charge in [-0.05, 0) is 12.5 Å². The van der Waals surface area contributed by atoms with Crippen LogP contribution in [0.5, 0.6) is 0 Å². The van der Waals surface area contributed by atoms with E-state index in [1.807, 2.05) is 13.8 Å². The van der Waals surface area contributed by atoms with Gasteiger partial charge >= 0.3 is 0 Å². The minimum Gasteiger partial charge on any atom is -0.356 e. The molecule has 2 rings (SSSR count). The van der Waals surface area contributed by atoms with Crippen molar-refractivity contribution >= 4 is 15.9 Å². The lowest BCUT2D eigenvalue weighted by atomic mass is 10.1. The minimum absolute atomic E-state index is 0.00211. The predicted molar refractivity (Wildman–Crippen MR) is 80.2 cm³/mol. The second-order valence-corrected chi connectivity index (χ2v) is 7.49. The van der Waals surface area contributed by atoms with Gasteiger partial charge in [0.1, 0.15) is 0 Å². The predicted octanol–water partition coefficient (Wildman–Crippen LogP) is 0.904. The molecule has 0 N–H and O–H groups in total. The molecule has 0 bridgehead atoms. The summed E-state index contributed by atoms with van der Waals surface area (Å²) in [7, 11) is -1.65. The SMILES string of the molecule is CC[C@H](C)C(=O)N1CCN(S(=O)(=O)c2ccn(C)c2)CC1. The summed E-state index contributed by atoms with van der Waals surface area (Å²) in [5.41, 5.74) is 0. The highest BCUT2D eigenvalue weighted by Gasteiger charge is 2.31. The van der Waals surface area contributed by atoms with Gasteiger partial charge in [-0.3, -0.25) is 4.79 Å². The number of hydrogen-bond donors (Lipinski definition) is 0. The van der Waals surface area contributed by atoms with Crippen LogP contribution in [-0.4, -0.2) is 54.3 Å². The van der Waals surface area contributed by atoms with Gasteiger partial charge in [0.25, 0.3) is 0 Å². The molecular formula is C14H23N3O3S. The first-order chi connectivity index (χ1) is 9.86. The Bertz CT molecular complexity index is 601.